The zero-order valence-electron chi connectivity index (χ0n) is 12.3. The van der Waals surface area contributed by atoms with Gasteiger partial charge in [0, 0.05) is 30.8 Å². The van der Waals surface area contributed by atoms with Crippen LogP contribution in [0, 0.1) is 5.92 Å². The van der Waals surface area contributed by atoms with E-state index in [0.29, 0.717) is 17.5 Å². The molecule has 2 N–H and O–H groups in total. The van der Waals surface area contributed by atoms with E-state index in [1.54, 1.807) is 0 Å². The van der Waals surface area contributed by atoms with Crippen molar-refractivity contribution in [1.29, 1.82) is 0 Å². The third-order valence-electron chi connectivity index (χ3n) is 4.78. The number of rotatable bonds is 1. The van der Waals surface area contributed by atoms with Crippen LogP contribution in [-0.2, 0) is 0 Å². The number of likely N-dealkylation sites (tertiary alicyclic amines) is 2. The predicted molar refractivity (Wildman–Crippen MR) is 79.4 cm³/mol. The second-order valence-electron chi connectivity index (χ2n) is 6.23. The van der Waals surface area contributed by atoms with Gasteiger partial charge in [-0.05, 0) is 50.9 Å². The van der Waals surface area contributed by atoms with Crippen LogP contribution in [0.15, 0.2) is 18.2 Å². The molecule has 2 fully saturated rings. The third kappa shape index (κ3) is 2.83. The fourth-order valence-electron chi connectivity index (χ4n) is 3.74. The smallest absolute Gasteiger partial charge is 0.254 e. The van der Waals surface area contributed by atoms with E-state index in [9.17, 15) is 15.0 Å². The lowest BCUT2D eigenvalue weighted by molar-refractivity contribution is 0.0316. The van der Waals surface area contributed by atoms with Gasteiger partial charge >= 0.3 is 0 Å². The van der Waals surface area contributed by atoms with Crippen LogP contribution in [0.5, 0.6) is 11.5 Å². The molecule has 5 heteroatoms. The molecule has 0 radical (unpaired) electrons. The maximum Gasteiger partial charge on any atom is 0.254 e. The highest BCUT2D eigenvalue weighted by atomic mass is 16.3. The zero-order valence-corrected chi connectivity index (χ0v) is 12.3. The zero-order chi connectivity index (χ0) is 15.0. The number of amides is 1. The summed E-state index contributed by atoms with van der Waals surface area (Å²) in [5.74, 6) is 0.275. The molecule has 1 aromatic carbocycles. The first-order chi connectivity index (χ1) is 10.0. The van der Waals surface area contributed by atoms with E-state index in [1.165, 1.54) is 31.0 Å². The Hall–Kier alpha value is -1.75. The average Bonchev–Trinajstić information content (AvgIpc) is 2.45. The van der Waals surface area contributed by atoms with Crippen molar-refractivity contribution in [1.82, 2.24) is 9.80 Å². The van der Waals surface area contributed by atoms with Crippen LogP contribution < -0.4 is 0 Å². The number of benzene rings is 1. The molecule has 2 unspecified atom stereocenters. The monoisotopic (exact) mass is 290 g/mol. The summed E-state index contributed by atoms with van der Waals surface area (Å²) in [5, 5.41) is 19.1. The largest absolute Gasteiger partial charge is 0.508 e. The number of piperidine rings is 2. The lowest BCUT2D eigenvalue weighted by Crippen LogP contribution is -2.53. The van der Waals surface area contributed by atoms with Gasteiger partial charge in [-0.2, -0.15) is 0 Å². The van der Waals surface area contributed by atoms with Crippen molar-refractivity contribution >= 4 is 5.91 Å². The second kappa shape index (κ2) is 5.56. The molecule has 0 aliphatic carbocycles. The van der Waals surface area contributed by atoms with Gasteiger partial charge in [0.05, 0.1) is 0 Å². The van der Waals surface area contributed by atoms with Gasteiger partial charge in [0.15, 0.2) is 0 Å². The summed E-state index contributed by atoms with van der Waals surface area (Å²) in [6, 6.07) is 4.65. The Morgan fingerprint density at radius 1 is 1.14 bits per heavy atom. The summed E-state index contributed by atoms with van der Waals surface area (Å²) in [6.07, 6.45) is 3.36. The van der Waals surface area contributed by atoms with E-state index in [-0.39, 0.29) is 17.4 Å². The van der Waals surface area contributed by atoms with Gasteiger partial charge in [-0.25, -0.2) is 0 Å². The Balaban J connectivity index is 1.74. The van der Waals surface area contributed by atoms with Crippen molar-refractivity contribution < 1.29 is 15.0 Å². The Bertz CT molecular complexity index is 526. The average molecular weight is 290 g/mol. The van der Waals surface area contributed by atoms with E-state index < -0.39 is 0 Å². The summed E-state index contributed by atoms with van der Waals surface area (Å²) >= 11 is 0. The van der Waals surface area contributed by atoms with Crippen molar-refractivity contribution in [3.8, 4) is 11.5 Å². The van der Waals surface area contributed by atoms with Gasteiger partial charge in [-0.1, -0.05) is 0 Å². The van der Waals surface area contributed by atoms with Crippen LogP contribution in [0.1, 0.15) is 29.6 Å². The minimum atomic E-state index is -0.104. The molecule has 2 atom stereocenters. The Labute approximate surface area is 124 Å². The van der Waals surface area contributed by atoms with Crippen LogP contribution >= 0.6 is 0 Å². The van der Waals surface area contributed by atoms with Crippen molar-refractivity contribution in [3.63, 3.8) is 0 Å². The number of hydrogen-bond donors (Lipinski definition) is 2. The fourth-order valence-corrected chi connectivity index (χ4v) is 3.74. The summed E-state index contributed by atoms with van der Waals surface area (Å²) < 4.78 is 0. The second-order valence-corrected chi connectivity index (χ2v) is 6.23. The van der Waals surface area contributed by atoms with Crippen molar-refractivity contribution in [2.24, 2.45) is 5.92 Å². The van der Waals surface area contributed by atoms with Crippen molar-refractivity contribution in [2.45, 2.75) is 25.3 Å². The molecule has 0 aromatic heterocycles. The number of carbonyl (C=O) groups excluding carboxylic acids is 1. The molecule has 3 rings (SSSR count). The Morgan fingerprint density at radius 2 is 1.86 bits per heavy atom. The van der Waals surface area contributed by atoms with E-state index in [4.69, 9.17) is 0 Å². The van der Waals surface area contributed by atoms with Gasteiger partial charge in [0.2, 0.25) is 0 Å². The summed E-state index contributed by atoms with van der Waals surface area (Å²) in [7, 11) is 2.17. The van der Waals surface area contributed by atoms with Crippen LogP contribution in [-0.4, -0.2) is 58.6 Å². The highest BCUT2D eigenvalue weighted by Gasteiger charge is 2.35. The number of phenolic OH excluding ortho intramolecular Hbond substituents is 2. The lowest BCUT2D eigenvalue weighted by atomic mass is 9.84. The number of nitrogens with zero attached hydrogens (tertiary/aromatic N) is 2. The highest BCUT2D eigenvalue weighted by molar-refractivity contribution is 5.95. The molecule has 5 nitrogen and oxygen atoms in total. The molecule has 2 saturated heterocycles. The van der Waals surface area contributed by atoms with Crippen molar-refractivity contribution in [3.05, 3.63) is 23.8 Å². The lowest BCUT2D eigenvalue weighted by Gasteiger charge is -2.46. The Morgan fingerprint density at radius 3 is 2.57 bits per heavy atom. The predicted octanol–water partition coefficient (Wildman–Crippen LogP) is 1.65. The number of fused-ring (bicyclic) bond motifs is 1. The number of hydrogen-bond acceptors (Lipinski definition) is 4. The van der Waals surface area contributed by atoms with Crippen LogP contribution in [0.2, 0.25) is 0 Å². The topological polar surface area (TPSA) is 64.0 Å². The van der Waals surface area contributed by atoms with Gasteiger partial charge in [0.25, 0.3) is 5.91 Å². The molecule has 0 spiro atoms. The minimum absolute atomic E-state index is 0.0781. The third-order valence-corrected chi connectivity index (χ3v) is 4.78. The van der Waals surface area contributed by atoms with Crippen molar-refractivity contribution in [2.75, 3.05) is 26.7 Å². The molecule has 2 aliphatic rings. The summed E-state index contributed by atoms with van der Waals surface area (Å²) in [6.45, 7) is 2.65. The van der Waals surface area contributed by atoms with E-state index in [2.05, 4.69) is 11.9 Å². The SMILES string of the molecule is CN1CCCC2CN(C(=O)c3cc(O)cc(O)c3)CCC21. The fraction of sp³-hybridized carbons (Fsp3) is 0.562. The standard InChI is InChI=1S/C16H22N2O3/c1-17-5-2-3-11-10-18(6-4-15(11)17)16(21)12-7-13(19)9-14(20)8-12/h7-9,11,15,19-20H,2-6,10H2,1H3. The summed E-state index contributed by atoms with van der Waals surface area (Å²) in [5.41, 5.74) is 0.357. The van der Waals surface area contributed by atoms with Crippen LogP contribution in [0.25, 0.3) is 0 Å². The number of phenols is 2. The quantitative estimate of drug-likeness (QED) is 0.825. The van der Waals surface area contributed by atoms with E-state index >= 15 is 0 Å². The molecule has 2 aliphatic heterocycles. The molecule has 114 valence electrons. The maximum absolute atomic E-state index is 12.6. The maximum atomic E-state index is 12.6. The summed E-state index contributed by atoms with van der Waals surface area (Å²) in [4.78, 5) is 16.8. The Kier molecular flexibility index (Phi) is 3.76. The van der Waals surface area contributed by atoms with Gasteiger partial charge in [-0.15, -0.1) is 0 Å². The highest BCUT2D eigenvalue weighted by Crippen LogP contribution is 2.31. The first-order valence-corrected chi connectivity index (χ1v) is 7.57. The molecule has 1 amide bonds. The molecule has 21 heavy (non-hydrogen) atoms. The first-order valence-electron chi connectivity index (χ1n) is 7.57. The molecule has 0 bridgehead atoms. The number of carbonyl (C=O) groups is 1. The molecular formula is C16H22N2O3. The first kappa shape index (κ1) is 14.2. The van der Waals surface area contributed by atoms with Crippen LogP contribution in [0.4, 0.5) is 0 Å². The van der Waals surface area contributed by atoms with Gasteiger partial charge in [-0.3, -0.25) is 4.79 Å². The van der Waals surface area contributed by atoms with Gasteiger partial charge in [0.1, 0.15) is 11.5 Å². The number of aromatic hydroxyl groups is 2. The molecule has 1 aromatic rings. The van der Waals surface area contributed by atoms with Crippen LogP contribution in [0.3, 0.4) is 0 Å². The normalized spacial score (nSPS) is 26.4. The molecule has 0 saturated carbocycles. The van der Waals surface area contributed by atoms with Gasteiger partial charge < -0.3 is 20.0 Å². The molecule has 2 heterocycles. The minimum Gasteiger partial charge on any atom is -0.508 e. The van der Waals surface area contributed by atoms with E-state index in [1.807, 2.05) is 4.90 Å². The van der Waals surface area contributed by atoms with E-state index in [0.717, 1.165) is 26.1 Å². The molecular weight excluding hydrogens is 268 g/mol.